The van der Waals surface area contributed by atoms with Crippen LogP contribution in [0.3, 0.4) is 0 Å². The molecule has 2 aliphatic rings. The molecule has 1 unspecified atom stereocenters. The number of nitrogens with zero attached hydrogens (tertiary/aromatic N) is 1. The van der Waals surface area contributed by atoms with E-state index in [2.05, 4.69) is 26.8 Å². The molecule has 0 aromatic rings. The first-order valence-corrected chi connectivity index (χ1v) is 7.96. The van der Waals surface area contributed by atoms with Crippen LogP contribution in [0.2, 0.25) is 0 Å². The van der Waals surface area contributed by atoms with Gasteiger partial charge in [0, 0.05) is 0 Å². The Labute approximate surface area is 118 Å². The van der Waals surface area contributed by atoms with Gasteiger partial charge in [-0.2, -0.15) is 5.26 Å². The molecule has 0 saturated heterocycles. The van der Waals surface area contributed by atoms with Gasteiger partial charge in [-0.15, -0.1) is 0 Å². The quantitative estimate of drug-likeness (QED) is 0.711. The number of nitriles is 1. The fraction of sp³-hybridized carbons (Fsp3) is 0.941. The van der Waals surface area contributed by atoms with E-state index in [0.29, 0.717) is 11.3 Å². The molecule has 2 nitrogen and oxygen atoms in total. The van der Waals surface area contributed by atoms with Gasteiger partial charge in [-0.1, -0.05) is 27.2 Å². The molecule has 2 aliphatic carbocycles. The summed E-state index contributed by atoms with van der Waals surface area (Å²) in [6.07, 6.45) is 8.88. The van der Waals surface area contributed by atoms with Crippen LogP contribution >= 0.6 is 0 Å². The van der Waals surface area contributed by atoms with Crippen molar-refractivity contribution in [2.45, 2.75) is 84.2 Å². The van der Waals surface area contributed by atoms with Crippen LogP contribution in [0, 0.1) is 28.1 Å². The van der Waals surface area contributed by atoms with E-state index < -0.39 is 11.0 Å². The smallest absolute Gasteiger partial charge is 0.0860 e. The van der Waals surface area contributed by atoms with Crippen molar-refractivity contribution in [2.75, 3.05) is 0 Å². The Morgan fingerprint density at radius 2 is 1.63 bits per heavy atom. The van der Waals surface area contributed by atoms with Gasteiger partial charge >= 0.3 is 0 Å². The molecule has 0 aromatic carbocycles. The van der Waals surface area contributed by atoms with Gasteiger partial charge in [0.2, 0.25) is 0 Å². The summed E-state index contributed by atoms with van der Waals surface area (Å²) >= 11 is 0. The Balaban J connectivity index is 2.20. The number of aliphatic hydroxyl groups is 1. The maximum Gasteiger partial charge on any atom is 0.0860 e. The minimum atomic E-state index is -0.740. The molecular formula is C17H29NO. The molecule has 19 heavy (non-hydrogen) atoms. The van der Waals surface area contributed by atoms with E-state index in [-0.39, 0.29) is 0 Å². The van der Waals surface area contributed by atoms with Gasteiger partial charge in [-0.05, 0) is 62.7 Å². The maximum absolute atomic E-state index is 11.2. The Hall–Kier alpha value is -0.550. The molecule has 0 radical (unpaired) electrons. The van der Waals surface area contributed by atoms with E-state index in [0.717, 1.165) is 51.4 Å². The van der Waals surface area contributed by atoms with Crippen molar-refractivity contribution in [3.05, 3.63) is 0 Å². The van der Waals surface area contributed by atoms with Crippen molar-refractivity contribution < 1.29 is 5.11 Å². The molecule has 2 saturated carbocycles. The van der Waals surface area contributed by atoms with Gasteiger partial charge in [0.25, 0.3) is 0 Å². The number of hydrogen-bond donors (Lipinski definition) is 1. The minimum Gasteiger partial charge on any atom is -0.388 e. The minimum absolute atomic E-state index is 0.323. The molecule has 1 atom stereocenters. The predicted octanol–water partition coefficient (Wildman–Crippen LogP) is 4.43. The van der Waals surface area contributed by atoms with E-state index in [9.17, 15) is 10.4 Å². The van der Waals surface area contributed by atoms with E-state index >= 15 is 0 Å². The largest absolute Gasteiger partial charge is 0.388 e. The van der Waals surface area contributed by atoms with Crippen LogP contribution in [-0.2, 0) is 0 Å². The third-order valence-electron chi connectivity index (χ3n) is 5.89. The Kier molecular flexibility index (Phi) is 3.98. The van der Waals surface area contributed by atoms with Crippen LogP contribution in [0.1, 0.15) is 78.6 Å². The SMILES string of the molecule is CC1CCC(C#N)(C2(O)CCCC(C)(C)CC2)CC1. The fourth-order valence-electron chi connectivity index (χ4n) is 4.07. The lowest BCUT2D eigenvalue weighted by Crippen LogP contribution is -2.49. The van der Waals surface area contributed by atoms with Gasteiger partial charge < -0.3 is 5.11 Å². The monoisotopic (exact) mass is 263 g/mol. The zero-order valence-corrected chi connectivity index (χ0v) is 12.8. The zero-order valence-electron chi connectivity index (χ0n) is 12.8. The first-order valence-electron chi connectivity index (χ1n) is 7.96. The van der Waals surface area contributed by atoms with Crippen LogP contribution in [-0.4, -0.2) is 10.7 Å². The highest BCUT2D eigenvalue weighted by Gasteiger charge is 2.52. The van der Waals surface area contributed by atoms with Crippen molar-refractivity contribution in [1.29, 1.82) is 5.26 Å². The second-order valence-electron chi connectivity index (χ2n) is 7.93. The summed E-state index contributed by atoms with van der Waals surface area (Å²) in [5.41, 5.74) is -0.890. The third kappa shape index (κ3) is 2.82. The normalized spacial score (nSPS) is 43.2. The van der Waals surface area contributed by atoms with E-state index in [1.165, 1.54) is 6.42 Å². The lowest BCUT2D eigenvalue weighted by atomic mass is 9.60. The van der Waals surface area contributed by atoms with Crippen molar-refractivity contribution in [2.24, 2.45) is 16.7 Å². The highest BCUT2D eigenvalue weighted by molar-refractivity contribution is 5.13. The molecule has 2 fully saturated rings. The highest BCUT2D eigenvalue weighted by atomic mass is 16.3. The van der Waals surface area contributed by atoms with Crippen molar-refractivity contribution >= 4 is 0 Å². The van der Waals surface area contributed by atoms with Gasteiger partial charge in [-0.25, -0.2) is 0 Å². The molecule has 0 heterocycles. The first-order chi connectivity index (χ1) is 8.83. The predicted molar refractivity (Wildman–Crippen MR) is 77.5 cm³/mol. The van der Waals surface area contributed by atoms with Crippen molar-refractivity contribution in [3.8, 4) is 6.07 Å². The fourth-order valence-corrected chi connectivity index (χ4v) is 4.07. The molecule has 0 aliphatic heterocycles. The average Bonchev–Trinajstić information content (AvgIpc) is 2.51. The summed E-state index contributed by atoms with van der Waals surface area (Å²) in [7, 11) is 0. The van der Waals surface area contributed by atoms with Gasteiger partial charge in [-0.3, -0.25) is 0 Å². The Morgan fingerprint density at radius 1 is 1.00 bits per heavy atom. The molecule has 108 valence electrons. The van der Waals surface area contributed by atoms with E-state index in [4.69, 9.17) is 0 Å². The molecule has 0 spiro atoms. The van der Waals surface area contributed by atoms with Gasteiger partial charge in [0.1, 0.15) is 0 Å². The van der Waals surface area contributed by atoms with Gasteiger partial charge in [0.05, 0.1) is 17.1 Å². The van der Waals surface area contributed by atoms with E-state index in [1.807, 2.05) is 0 Å². The maximum atomic E-state index is 11.2. The third-order valence-corrected chi connectivity index (χ3v) is 5.89. The van der Waals surface area contributed by atoms with Crippen LogP contribution < -0.4 is 0 Å². The average molecular weight is 263 g/mol. The molecule has 2 rings (SSSR count). The first kappa shape index (κ1) is 14.9. The molecule has 0 aromatic heterocycles. The number of rotatable bonds is 1. The molecule has 0 amide bonds. The van der Waals surface area contributed by atoms with Gasteiger partial charge in [0.15, 0.2) is 0 Å². The van der Waals surface area contributed by atoms with Crippen LogP contribution in [0.15, 0.2) is 0 Å². The summed E-state index contributed by atoms with van der Waals surface area (Å²) in [6, 6.07) is 2.55. The second kappa shape index (κ2) is 5.09. The van der Waals surface area contributed by atoms with Crippen molar-refractivity contribution in [3.63, 3.8) is 0 Å². The summed E-state index contributed by atoms with van der Waals surface area (Å²) in [4.78, 5) is 0. The Bertz CT molecular complexity index is 360. The second-order valence-corrected chi connectivity index (χ2v) is 7.93. The molecule has 1 N–H and O–H groups in total. The van der Waals surface area contributed by atoms with Crippen LogP contribution in [0.5, 0.6) is 0 Å². The van der Waals surface area contributed by atoms with E-state index in [1.54, 1.807) is 0 Å². The van der Waals surface area contributed by atoms with Crippen molar-refractivity contribution in [1.82, 2.24) is 0 Å². The Morgan fingerprint density at radius 3 is 2.21 bits per heavy atom. The van der Waals surface area contributed by atoms with Crippen LogP contribution in [0.25, 0.3) is 0 Å². The molecule has 2 heteroatoms. The lowest BCUT2D eigenvalue weighted by molar-refractivity contribution is -0.0890. The summed E-state index contributed by atoms with van der Waals surface area (Å²) in [5, 5.41) is 21.0. The number of hydrogen-bond acceptors (Lipinski definition) is 2. The summed E-state index contributed by atoms with van der Waals surface area (Å²) in [6.45, 7) is 6.85. The summed E-state index contributed by atoms with van der Waals surface area (Å²) in [5.74, 6) is 0.715. The standard InChI is InChI=1S/C17H29NO/c1-14-5-9-16(13-18,10-6-14)17(19)8-4-7-15(2,3)11-12-17/h14,19H,4-12H2,1-3H3. The molecule has 0 bridgehead atoms. The van der Waals surface area contributed by atoms with Crippen LogP contribution in [0.4, 0.5) is 0 Å². The summed E-state index contributed by atoms with van der Waals surface area (Å²) < 4.78 is 0. The zero-order chi connectivity index (χ0) is 14.1. The highest BCUT2D eigenvalue weighted by Crippen LogP contribution is 2.52. The molecular weight excluding hydrogens is 234 g/mol. The lowest BCUT2D eigenvalue weighted by Gasteiger charge is -2.46. The topological polar surface area (TPSA) is 44.0 Å².